The van der Waals surface area contributed by atoms with Gasteiger partial charge in [-0.15, -0.1) is 0 Å². The smallest absolute Gasteiger partial charge is 0.410 e. The number of piperazine rings is 1. The average Bonchev–Trinajstić information content (AvgIpc) is 2.89. The van der Waals surface area contributed by atoms with E-state index in [1.54, 1.807) is 11.8 Å². The Morgan fingerprint density at radius 3 is 2.29 bits per heavy atom. The van der Waals surface area contributed by atoms with Gasteiger partial charge >= 0.3 is 6.09 Å². The van der Waals surface area contributed by atoms with Gasteiger partial charge in [-0.1, -0.05) is 13.8 Å². The van der Waals surface area contributed by atoms with E-state index in [2.05, 4.69) is 48.3 Å². The van der Waals surface area contributed by atoms with Crippen LogP contribution in [0.15, 0.2) is 42.5 Å². The summed E-state index contributed by atoms with van der Waals surface area (Å²) in [6, 6.07) is 16.1. The van der Waals surface area contributed by atoms with Gasteiger partial charge < -0.3 is 24.8 Å². The lowest BCUT2D eigenvalue weighted by atomic mass is 9.80. The summed E-state index contributed by atoms with van der Waals surface area (Å²) in [6.07, 6.45) is 0.575. The van der Waals surface area contributed by atoms with Crippen molar-refractivity contribution in [1.29, 1.82) is 5.26 Å². The van der Waals surface area contributed by atoms with Gasteiger partial charge in [-0.3, -0.25) is 4.79 Å². The van der Waals surface area contributed by atoms with E-state index in [0.29, 0.717) is 31.7 Å². The van der Waals surface area contributed by atoms with Gasteiger partial charge in [0.25, 0.3) is 0 Å². The molecule has 3 atom stereocenters. The topological polar surface area (TPSA) is 88.9 Å². The molecule has 2 heterocycles. The molecule has 2 aromatic rings. The molecule has 2 aromatic carbocycles. The SMILES string of the molecule is CC[C@H]1[C@H](C)C(Nc2ccc(C#N)cc2)c2cc(N3CCN(C(=O)OC(C)(C)C)CC3)ccc2N1C(C)=O. The van der Waals surface area contributed by atoms with Gasteiger partial charge in [0.1, 0.15) is 5.60 Å². The number of nitriles is 1. The van der Waals surface area contributed by atoms with Gasteiger partial charge in [0.15, 0.2) is 0 Å². The molecule has 0 radical (unpaired) electrons. The molecule has 2 amide bonds. The Hall–Kier alpha value is -3.73. The number of benzene rings is 2. The van der Waals surface area contributed by atoms with Crippen LogP contribution in [0.4, 0.5) is 21.9 Å². The Bertz CT molecular complexity index is 1210. The fourth-order valence-electron chi connectivity index (χ4n) is 5.59. The molecule has 1 unspecified atom stereocenters. The van der Waals surface area contributed by atoms with Gasteiger partial charge in [-0.25, -0.2) is 4.79 Å². The largest absolute Gasteiger partial charge is 0.444 e. The number of carbonyl (C=O) groups excluding carboxylic acids is 2. The minimum absolute atomic E-state index is 0.0125. The highest BCUT2D eigenvalue weighted by Crippen LogP contribution is 2.45. The van der Waals surface area contributed by atoms with Crippen LogP contribution in [0, 0.1) is 17.2 Å². The van der Waals surface area contributed by atoms with E-state index in [1.165, 1.54) is 0 Å². The second-order valence-corrected chi connectivity index (χ2v) is 11.2. The van der Waals surface area contributed by atoms with Crippen molar-refractivity contribution in [2.45, 2.75) is 65.6 Å². The summed E-state index contributed by atoms with van der Waals surface area (Å²) in [5.41, 5.74) is 4.13. The zero-order valence-electron chi connectivity index (χ0n) is 23.3. The molecule has 38 heavy (non-hydrogen) atoms. The Morgan fingerprint density at radius 1 is 1.08 bits per heavy atom. The minimum atomic E-state index is -0.515. The quantitative estimate of drug-likeness (QED) is 0.572. The van der Waals surface area contributed by atoms with E-state index < -0.39 is 5.60 Å². The summed E-state index contributed by atoms with van der Waals surface area (Å²) in [5, 5.41) is 12.9. The van der Waals surface area contributed by atoms with Crippen LogP contribution < -0.4 is 15.1 Å². The fraction of sp³-hybridized carbons (Fsp3) is 0.500. The number of nitrogens with zero attached hydrogens (tertiary/aromatic N) is 4. The van der Waals surface area contributed by atoms with E-state index in [-0.39, 0.29) is 30.0 Å². The molecule has 4 rings (SSSR count). The summed E-state index contributed by atoms with van der Waals surface area (Å²) in [5.74, 6) is 0.201. The number of ether oxygens (including phenoxy) is 1. The Labute approximate surface area is 226 Å². The molecule has 1 fully saturated rings. The number of anilines is 3. The number of amides is 2. The van der Waals surface area contributed by atoms with Crippen molar-refractivity contribution in [3.05, 3.63) is 53.6 Å². The molecule has 0 bridgehead atoms. The first-order chi connectivity index (χ1) is 18.0. The molecule has 8 heteroatoms. The Kier molecular flexibility index (Phi) is 7.86. The summed E-state index contributed by atoms with van der Waals surface area (Å²) < 4.78 is 5.55. The van der Waals surface area contributed by atoms with Crippen LogP contribution in [0.1, 0.15) is 65.1 Å². The second-order valence-electron chi connectivity index (χ2n) is 11.2. The first kappa shape index (κ1) is 27.3. The number of carbonyl (C=O) groups is 2. The van der Waals surface area contributed by atoms with E-state index in [9.17, 15) is 14.9 Å². The van der Waals surface area contributed by atoms with E-state index >= 15 is 0 Å². The lowest BCUT2D eigenvalue weighted by Gasteiger charge is -2.46. The van der Waals surface area contributed by atoms with Crippen LogP contribution in [0.5, 0.6) is 0 Å². The van der Waals surface area contributed by atoms with Crippen LogP contribution in [0.2, 0.25) is 0 Å². The maximum Gasteiger partial charge on any atom is 0.410 e. The molecule has 1 saturated heterocycles. The zero-order valence-corrected chi connectivity index (χ0v) is 23.3. The Morgan fingerprint density at radius 2 is 1.74 bits per heavy atom. The van der Waals surface area contributed by atoms with E-state index in [0.717, 1.165) is 29.0 Å². The Balaban J connectivity index is 1.62. The third-order valence-corrected chi connectivity index (χ3v) is 7.46. The van der Waals surface area contributed by atoms with Gasteiger partial charge in [-0.05, 0) is 69.7 Å². The van der Waals surface area contributed by atoms with Crippen molar-refractivity contribution in [3.63, 3.8) is 0 Å². The number of hydrogen-bond donors (Lipinski definition) is 1. The van der Waals surface area contributed by atoms with E-state index in [1.807, 2.05) is 49.9 Å². The highest BCUT2D eigenvalue weighted by Gasteiger charge is 2.40. The van der Waals surface area contributed by atoms with E-state index in [4.69, 9.17) is 4.74 Å². The van der Waals surface area contributed by atoms with Crippen molar-refractivity contribution in [1.82, 2.24) is 4.90 Å². The van der Waals surface area contributed by atoms with Crippen molar-refractivity contribution in [2.75, 3.05) is 41.3 Å². The fourth-order valence-corrected chi connectivity index (χ4v) is 5.59. The van der Waals surface area contributed by atoms with Gasteiger partial charge in [-0.2, -0.15) is 5.26 Å². The monoisotopic (exact) mass is 517 g/mol. The lowest BCUT2D eigenvalue weighted by molar-refractivity contribution is -0.117. The lowest BCUT2D eigenvalue weighted by Crippen LogP contribution is -2.51. The summed E-state index contributed by atoms with van der Waals surface area (Å²) >= 11 is 0. The van der Waals surface area contributed by atoms with Crippen molar-refractivity contribution >= 4 is 29.1 Å². The van der Waals surface area contributed by atoms with Gasteiger partial charge in [0.05, 0.1) is 17.7 Å². The molecule has 1 N–H and O–H groups in total. The first-order valence-electron chi connectivity index (χ1n) is 13.5. The number of nitrogens with one attached hydrogen (secondary N) is 1. The molecule has 8 nitrogen and oxygen atoms in total. The summed E-state index contributed by atoms with van der Waals surface area (Å²) in [7, 11) is 0. The second kappa shape index (κ2) is 10.9. The van der Waals surface area contributed by atoms with Crippen LogP contribution in [0.25, 0.3) is 0 Å². The first-order valence-corrected chi connectivity index (χ1v) is 13.5. The minimum Gasteiger partial charge on any atom is -0.444 e. The zero-order chi connectivity index (χ0) is 27.6. The van der Waals surface area contributed by atoms with Crippen LogP contribution in [-0.2, 0) is 9.53 Å². The standard InChI is InChI=1S/C30H39N5O3/c1-7-26-20(2)28(32-23-10-8-22(19-31)9-11-23)25-18-24(12-13-27(25)35(26)21(3)36)33-14-16-34(17-15-33)29(37)38-30(4,5)6/h8-13,18,20,26,28,32H,7,14-17H2,1-6H3/t20-,26-,28?/m0/s1. The molecule has 2 aliphatic rings. The highest BCUT2D eigenvalue weighted by molar-refractivity contribution is 5.94. The molecule has 0 aliphatic carbocycles. The molecule has 202 valence electrons. The predicted octanol–water partition coefficient (Wildman–Crippen LogP) is 5.55. The normalized spacial score (nSPS) is 21.4. The van der Waals surface area contributed by atoms with Crippen molar-refractivity contribution in [2.24, 2.45) is 5.92 Å². The molecular formula is C30H39N5O3. The number of fused-ring (bicyclic) bond motifs is 1. The van der Waals surface area contributed by atoms with Crippen molar-refractivity contribution < 1.29 is 14.3 Å². The molecule has 0 aromatic heterocycles. The van der Waals surface area contributed by atoms with Crippen LogP contribution >= 0.6 is 0 Å². The number of rotatable bonds is 4. The van der Waals surface area contributed by atoms with Gasteiger partial charge in [0, 0.05) is 67.7 Å². The maximum atomic E-state index is 12.8. The van der Waals surface area contributed by atoms with Gasteiger partial charge in [0.2, 0.25) is 5.91 Å². The summed E-state index contributed by atoms with van der Waals surface area (Å²) in [6.45, 7) is 14.2. The summed E-state index contributed by atoms with van der Waals surface area (Å²) in [4.78, 5) is 31.3. The number of hydrogen-bond acceptors (Lipinski definition) is 6. The predicted molar refractivity (Wildman–Crippen MR) is 150 cm³/mol. The van der Waals surface area contributed by atoms with Crippen molar-refractivity contribution in [3.8, 4) is 6.07 Å². The molecule has 0 saturated carbocycles. The van der Waals surface area contributed by atoms with Crippen LogP contribution in [0.3, 0.4) is 0 Å². The average molecular weight is 518 g/mol. The van der Waals surface area contributed by atoms with Crippen LogP contribution in [-0.4, -0.2) is 54.7 Å². The third kappa shape index (κ3) is 5.72. The molecule has 0 spiro atoms. The maximum absolute atomic E-state index is 12.8. The highest BCUT2D eigenvalue weighted by atomic mass is 16.6. The third-order valence-electron chi connectivity index (χ3n) is 7.46. The molecule has 2 aliphatic heterocycles. The molecular weight excluding hydrogens is 478 g/mol.